The minimum Gasteiger partial charge on any atom is -0.315 e. The van der Waals surface area contributed by atoms with E-state index in [1.54, 1.807) is 24.3 Å². The highest BCUT2D eigenvalue weighted by atomic mass is 32.2. The van der Waals surface area contributed by atoms with Gasteiger partial charge in [0.1, 0.15) is 0 Å². The van der Waals surface area contributed by atoms with Crippen LogP contribution in [0.15, 0.2) is 24.3 Å². The lowest BCUT2D eigenvalue weighted by Crippen LogP contribution is -2.32. The number of rotatable bonds is 8. The molecular weight excluding hydrogens is 262 g/mol. The molecule has 0 fully saturated rings. The highest BCUT2D eigenvalue weighted by Gasteiger charge is 2.10. The van der Waals surface area contributed by atoms with Gasteiger partial charge in [-0.05, 0) is 30.7 Å². The van der Waals surface area contributed by atoms with Crippen LogP contribution in [0, 0.1) is 11.3 Å². The predicted molar refractivity (Wildman–Crippen MR) is 74.9 cm³/mol. The van der Waals surface area contributed by atoms with Gasteiger partial charge in [0, 0.05) is 13.1 Å². The Hall–Kier alpha value is -1.42. The Labute approximate surface area is 114 Å². The summed E-state index contributed by atoms with van der Waals surface area (Å²) in [5.74, 6) is -0.101. The lowest BCUT2D eigenvalue weighted by molar-refractivity contribution is 0.574. The molecule has 0 heterocycles. The molecule has 1 rings (SSSR count). The Morgan fingerprint density at radius 3 is 2.74 bits per heavy atom. The summed E-state index contributed by atoms with van der Waals surface area (Å²) in [6.07, 6.45) is 1.02. The van der Waals surface area contributed by atoms with Gasteiger partial charge in [-0.2, -0.15) is 5.26 Å². The van der Waals surface area contributed by atoms with Crippen LogP contribution in [0.2, 0.25) is 0 Å². The SMILES string of the molecule is CCCNCCNS(=O)(=O)Cc1cccc(C#N)c1. The van der Waals surface area contributed by atoms with E-state index < -0.39 is 10.0 Å². The van der Waals surface area contributed by atoms with Gasteiger partial charge in [-0.1, -0.05) is 19.1 Å². The van der Waals surface area contributed by atoms with Crippen molar-refractivity contribution in [2.24, 2.45) is 0 Å². The van der Waals surface area contributed by atoms with E-state index in [1.807, 2.05) is 6.07 Å². The van der Waals surface area contributed by atoms with Crippen molar-refractivity contribution in [2.45, 2.75) is 19.1 Å². The van der Waals surface area contributed by atoms with E-state index in [-0.39, 0.29) is 5.75 Å². The van der Waals surface area contributed by atoms with E-state index in [9.17, 15) is 8.42 Å². The molecule has 0 saturated carbocycles. The Kier molecular flexibility index (Phi) is 6.50. The third kappa shape index (κ3) is 6.34. The van der Waals surface area contributed by atoms with Gasteiger partial charge in [0.15, 0.2) is 0 Å². The maximum absolute atomic E-state index is 11.8. The highest BCUT2D eigenvalue weighted by molar-refractivity contribution is 7.88. The number of nitrogens with one attached hydrogen (secondary N) is 2. The van der Waals surface area contributed by atoms with Crippen LogP contribution in [-0.4, -0.2) is 28.1 Å². The van der Waals surface area contributed by atoms with Crippen LogP contribution in [0.4, 0.5) is 0 Å². The van der Waals surface area contributed by atoms with Crippen molar-refractivity contribution in [3.05, 3.63) is 35.4 Å². The molecule has 0 aliphatic heterocycles. The molecule has 0 aromatic heterocycles. The molecule has 104 valence electrons. The molecule has 0 radical (unpaired) electrons. The topological polar surface area (TPSA) is 82.0 Å². The predicted octanol–water partition coefficient (Wildman–Crippen LogP) is 0.977. The van der Waals surface area contributed by atoms with Crippen LogP contribution in [0.25, 0.3) is 0 Å². The fourth-order valence-electron chi connectivity index (χ4n) is 1.60. The lowest BCUT2D eigenvalue weighted by atomic mass is 10.2. The van der Waals surface area contributed by atoms with Crippen LogP contribution in [0.5, 0.6) is 0 Å². The largest absolute Gasteiger partial charge is 0.315 e. The summed E-state index contributed by atoms with van der Waals surface area (Å²) >= 11 is 0. The maximum atomic E-state index is 11.8. The number of sulfonamides is 1. The fraction of sp³-hybridized carbons (Fsp3) is 0.462. The summed E-state index contributed by atoms with van der Waals surface area (Å²) in [5, 5.41) is 11.9. The molecule has 0 spiro atoms. The van der Waals surface area contributed by atoms with Gasteiger partial charge in [0.2, 0.25) is 10.0 Å². The van der Waals surface area contributed by atoms with Crippen LogP contribution in [0.3, 0.4) is 0 Å². The average Bonchev–Trinajstić information content (AvgIpc) is 2.38. The first-order valence-corrected chi connectivity index (χ1v) is 7.89. The number of hydrogen-bond donors (Lipinski definition) is 2. The van der Waals surface area contributed by atoms with Gasteiger partial charge in [-0.3, -0.25) is 0 Å². The number of hydrogen-bond acceptors (Lipinski definition) is 4. The number of nitrogens with zero attached hydrogens (tertiary/aromatic N) is 1. The average molecular weight is 281 g/mol. The summed E-state index contributed by atoms with van der Waals surface area (Å²) < 4.78 is 26.2. The van der Waals surface area contributed by atoms with Gasteiger partial charge in [0.05, 0.1) is 17.4 Å². The molecule has 0 aliphatic rings. The fourth-order valence-corrected chi connectivity index (χ4v) is 2.73. The van der Waals surface area contributed by atoms with E-state index in [4.69, 9.17) is 5.26 Å². The number of nitriles is 1. The Balaban J connectivity index is 2.48. The monoisotopic (exact) mass is 281 g/mol. The third-order valence-electron chi connectivity index (χ3n) is 2.46. The third-order valence-corrected chi connectivity index (χ3v) is 3.82. The molecule has 5 nitrogen and oxygen atoms in total. The van der Waals surface area contributed by atoms with E-state index >= 15 is 0 Å². The zero-order chi connectivity index (χ0) is 14.1. The van der Waals surface area contributed by atoms with E-state index in [0.29, 0.717) is 24.2 Å². The summed E-state index contributed by atoms with van der Waals surface area (Å²) in [6.45, 7) is 3.93. The van der Waals surface area contributed by atoms with Crippen molar-refractivity contribution in [3.63, 3.8) is 0 Å². The molecule has 19 heavy (non-hydrogen) atoms. The molecule has 0 aliphatic carbocycles. The molecular formula is C13H19N3O2S. The van der Waals surface area contributed by atoms with E-state index in [1.165, 1.54) is 0 Å². The molecule has 0 bridgehead atoms. The van der Waals surface area contributed by atoms with Crippen molar-refractivity contribution in [2.75, 3.05) is 19.6 Å². The molecule has 1 aromatic rings. The molecule has 0 unspecified atom stereocenters. The minimum absolute atomic E-state index is 0.101. The van der Waals surface area contributed by atoms with Crippen molar-refractivity contribution in [1.82, 2.24) is 10.0 Å². The summed E-state index contributed by atoms with van der Waals surface area (Å²) in [6, 6.07) is 8.63. The van der Waals surface area contributed by atoms with Gasteiger partial charge in [-0.15, -0.1) is 0 Å². The first-order valence-electron chi connectivity index (χ1n) is 6.24. The summed E-state index contributed by atoms with van der Waals surface area (Å²) in [4.78, 5) is 0. The molecule has 0 saturated heterocycles. The van der Waals surface area contributed by atoms with Gasteiger partial charge < -0.3 is 5.32 Å². The van der Waals surface area contributed by atoms with Crippen molar-refractivity contribution in [1.29, 1.82) is 5.26 Å². The van der Waals surface area contributed by atoms with Crippen LogP contribution in [0.1, 0.15) is 24.5 Å². The standard InChI is InChI=1S/C13H19N3O2S/c1-2-6-15-7-8-16-19(17,18)11-13-5-3-4-12(9-13)10-14/h3-5,9,15-16H,2,6-8,11H2,1H3. The van der Waals surface area contributed by atoms with Crippen LogP contribution in [-0.2, 0) is 15.8 Å². The highest BCUT2D eigenvalue weighted by Crippen LogP contribution is 2.07. The first-order chi connectivity index (χ1) is 9.07. The second-order valence-electron chi connectivity index (χ2n) is 4.22. The van der Waals surface area contributed by atoms with E-state index in [0.717, 1.165) is 13.0 Å². The zero-order valence-corrected chi connectivity index (χ0v) is 11.8. The van der Waals surface area contributed by atoms with Gasteiger partial charge >= 0.3 is 0 Å². The molecule has 0 atom stereocenters. The van der Waals surface area contributed by atoms with Crippen LogP contribution >= 0.6 is 0 Å². The molecule has 6 heteroatoms. The normalized spacial score (nSPS) is 11.2. The maximum Gasteiger partial charge on any atom is 0.215 e. The smallest absolute Gasteiger partial charge is 0.215 e. The lowest BCUT2D eigenvalue weighted by Gasteiger charge is -2.07. The second-order valence-corrected chi connectivity index (χ2v) is 6.02. The van der Waals surface area contributed by atoms with Crippen molar-refractivity contribution < 1.29 is 8.42 Å². The molecule has 1 aromatic carbocycles. The van der Waals surface area contributed by atoms with Crippen LogP contribution < -0.4 is 10.0 Å². The molecule has 2 N–H and O–H groups in total. The quantitative estimate of drug-likeness (QED) is 0.696. The van der Waals surface area contributed by atoms with Gasteiger partial charge in [0.25, 0.3) is 0 Å². The Bertz CT molecular complexity index is 535. The van der Waals surface area contributed by atoms with Crippen molar-refractivity contribution >= 4 is 10.0 Å². The summed E-state index contributed by atoms with van der Waals surface area (Å²) in [5.41, 5.74) is 1.09. The Morgan fingerprint density at radius 2 is 2.05 bits per heavy atom. The number of benzene rings is 1. The minimum atomic E-state index is -3.35. The van der Waals surface area contributed by atoms with Gasteiger partial charge in [-0.25, -0.2) is 13.1 Å². The zero-order valence-electron chi connectivity index (χ0n) is 11.0. The first kappa shape index (κ1) is 15.6. The summed E-state index contributed by atoms with van der Waals surface area (Å²) in [7, 11) is -3.35. The van der Waals surface area contributed by atoms with E-state index in [2.05, 4.69) is 17.0 Å². The molecule has 0 amide bonds. The Morgan fingerprint density at radius 1 is 1.26 bits per heavy atom. The second kappa shape index (κ2) is 7.89. The van der Waals surface area contributed by atoms with Crippen molar-refractivity contribution in [3.8, 4) is 6.07 Å².